The summed E-state index contributed by atoms with van der Waals surface area (Å²) in [6.45, 7) is 9.73. The van der Waals surface area contributed by atoms with Gasteiger partial charge in [0, 0.05) is 5.69 Å². The number of aromatic nitrogens is 2. The summed E-state index contributed by atoms with van der Waals surface area (Å²) in [5.74, 6) is 0.0473. The second-order valence-corrected chi connectivity index (χ2v) is 11.5. The molecule has 2 N–H and O–H groups in total. The van der Waals surface area contributed by atoms with Gasteiger partial charge in [-0.25, -0.2) is 13.4 Å². The standard InChI is InChI=1S/C25H29N3O4S2/c1-6-20(23(29)27-22-16(4)8-7-9-17(22)5)33-25-26-14-21(24(30)28-25)34(31,32)19-12-10-18(11-13-19)15(2)3/h7-15,20H,6H2,1-5H3,(H,27,29)(H,26,28,30). The number of amides is 1. The van der Waals surface area contributed by atoms with E-state index in [1.807, 2.05) is 52.8 Å². The summed E-state index contributed by atoms with van der Waals surface area (Å²) in [7, 11) is -4.02. The first kappa shape index (κ1) is 25.7. The van der Waals surface area contributed by atoms with Gasteiger partial charge < -0.3 is 10.3 Å². The van der Waals surface area contributed by atoms with Gasteiger partial charge in [0.1, 0.15) is 0 Å². The van der Waals surface area contributed by atoms with Crippen molar-refractivity contribution in [2.75, 3.05) is 5.32 Å². The zero-order valence-electron chi connectivity index (χ0n) is 19.9. The minimum absolute atomic E-state index is 0.0315. The third kappa shape index (κ3) is 5.59. The van der Waals surface area contributed by atoms with Crippen LogP contribution >= 0.6 is 11.8 Å². The molecule has 180 valence electrons. The second-order valence-electron chi connectivity index (χ2n) is 8.38. The predicted molar refractivity (Wildman–Crippen MR) is 135 cm³/mol. The van der Waals surface area contributed by atoms with E-state index in [1.54, 1.807) is 12.1 Å². The molecule has 0 aliphatic rings. The van der Waals surface area contributed by atoms with Crippen LogP contribution in [0.2, 0.25) is 0 Å². The average molecular weight is 500 g/mol. The normalized spacial score (nSPS) is 12.5. The van der Waals surface area contributed by atoms with Crippen molar-refractivity contribution >= 4 is 33.2 Å². The fourth-order valence-corrected chi connectivity index (χ4v) is 5.55. The summed E-state index contributed by atoms with van der Waals surface area (Å²) in [6, 6.07) is 12.2. The molecule has 7 nitrogen and oxygen atoms in total. The highest BCUT2D eigenvalue weighted by molar-refractivity contribution is 8.00. The van der Waals surface area contributed by atoms with E-state index in [1.165, 1.54) is 12.1 Å². The van der Waals surface area contributed by atoms with Crippen molar-refractivity contribution in [3.63, 3.8) is 0 Å². The number of hydrogen-bond acceptors (Lipinski definition) is 6. The maximum Gasteiger partial charge on any atom is 0.270 e. The number of rotatable bonds is 8. The maximum absolute atomic E-state index is 13.0. The van der Waals surface area contributed by atoms with Gasteiger partial charge >= 0.3 is 0 Å². The fourth-order valence-electron chi connectivity index (χ4n) is 3.45. The molecule has 0 radical (unpaired) electrons. The molecule has 0 bridgehead atoms. The maximum atomic E-state index is 13.0. The highest BCUT2D eigenvalue weighted by Gasteiger charge is 2.25. The molecule has 0 saturated carbocycles. The Kier molecular flexibility index (Phi) is 7.99. The number of hydrogen-bond donors (Lipinski definition) is 2. The van der Waals surface area contributed by atoms with Crippen molar-refractivity contribution in [1.82, 2.24) is 9.97 Å². The number of aromatic amines is 1. The van der Waals surface area contributed by atoms with Crippen molar-refractivity contribution in [3.8, 4) is 0 Å². The molecule has 2 aromatic carbocycles. The summed E-state index contributed by atoms with van der Waals surface area (Å²) < 4.78 is 25.9. The Labute approximate surface area is 204 Å². The Morgan fingerprint density at radius 2 is 1.71 bits per heavy atom. The molecule has 3 aromatic rings. The zero-order chi connectivity index (χ0) is 25.0. The molecule has 0 spiro atoms. The molecule has 9 heteroatoms. The smallest absolute Gasteiger partial charge is 0.270 e. The highest BCUT2D eigenvalue weighted by atomic mass is 32.2. The van der Waals surface area contributed by atoms with Gasteiger partial charge in [-0.05, 0) is 55.0 Å². The molecule has 0 aliphatic carbocycles. The molecule has 0 aliphatic heterocycles. The lowest BCUT2D eigenvalue weighted by Gasteiger charge is -2.17. The van der Waals surface area contributed by atoms with Crippen LogP contribution in [-0.4, -0.2) is 29.5 Å². The van der Waals surface area contributed by atoms with Gasteiger partial charge in [-0.15, -0.1) is 0 Å². The number of anilines is 1. The number of aryl methyl sites for hydroxylation is 2. The second kappa shape index (κ2) is 10.6. The first-order valence-electron chi connectivity index (χ1n) is 11.0. The fraction of sp³-hybridized carbons (Fsp3) is 0.320. The number of benzene rings is 2. The molecule has 0 fully saturated rings. The molecule has 3 rings (SSSR count). The van der Waals surface area contributed by atoms with E-state index in [0.717, 1.165) is 40.3 Å². The number of thioether (sulfide) groups is 1. The van der Waals surface area contributed by atoms with E-state index < -0.39 is 25.5 Å². The predicted octanol–water partition coefficient (Wildman–Crippen LogP) is 4.85. The SMILES string of the molecule is CCC(Sc1ncc(S(=O)(=O)c2ccc(C(C)C)cc2)c(=O)[nH]1)C(=O)Nc1c(C)cccc1C. The van der Waals surface area contributed by atoms with Crippen molar-refractivity contribution < 1.29 is 13.2 Å². The Morgan fingerprint density at radius 1 is 1.09 bits per heavy atom. The largest absolute Gasteiger partial charge is 0.325 e. The summed E-state index contributed by atoms with van der Waals surface area (Å²) in [5.41, 5.74) is 2.90. The molecular formula is C25H29N3O4S2. The lowest BCUT2D eigenvalue weighted by molar-refractivity contribution is -0.115. The van der Waals surface area contributed by atoms with Crippen LogP contribution in [0.4, 0.5) is 5.69 Å². The number of H-pyrrole nitrogens is 1. The number of carbonyl (C=O) groups is 1. The van der Waals surface area contributed by atoms with Crippen molar-refractivity contribution in [2.45, 2.75) is 67.2 Å². The van der Waals surface area contributed by atoms with Gasteiger partial charge in [0.15, 0.2) is 10.1 Å². The van der Waals surface area contributed by atoms with E-state index in [4.69, 9.17) is 0 Å². The van der Waals surface area contributed by atoms with E-state index in [9.17, 15) is 18.0 Å². The van der Waals surface area contributed by atoms with Gasteiger partial charge in [0.2, 0.25) is 15.7 Å². The highest BCUT2D eigenvalue weighted by Crippen LogP contribution is 2.26. The van der Waals surface area contributed by atoms with Gasteiger partial charge in [-0.1, -0.05) is 62.9 Å². The first-order chi connectivity index (χ1) is 16.0. The van der Waals surface area contributed by atoms with Gasteiger partial charge in [0.05, 0.1) is 16.3 Å². The Morgan fingerprint density at radius 3 is 2.24 bits per heavy atom. The minimum Gasteiger partial charge on any atom is -0.325 e. The van der Waals surface area contributed by atoms with Crippen LogP contribution < -0.4 is 10.9 Å². The van der Waals surface area contributed by atoms with E-state index in [0.29, 0.717) is 6.42 Å². The monoisotopic (exact) mass is 499 g/mol. The van der Waals surface area contributed by atoms with E-state index in [-0.39, 0.29) is 21.9 Å². The van der Waals surface area contributed by atoms with Gasteiger partial charge in [-0.2, -0.15) is 0 Å². The van der Waals surface area contributed by atoms with Gasteiger partial charge in [0.25, 0.3) is 5.56 Å². The molecule has 1 heterocycles. The Balaban J connectivity index is 1.81. The number of para-hydroxylation sites is 1. The summed E-state index contributed by atoms with van der Waals surface area (Å²) in [5, 5.41) is 2.62. The average Bonchev–Trinajstić information content (AvgIpc) is 2.79. The third-order valence-electron chi connectivity index (χ3n) is 5.54. The van der Waals surface area contributed by atoms with Crippen molar-refractivity contribution in [1.29, 1.82) is 0 Å². The number of carbonyl (C=O) groups excluding carboxylic acids is 1. The molecule has 1 amide bonds. The summed E-state index contributed by atoms with van der Waals surface area (Å²) >= 11 is 1.09. The van der Waals surface area contributed by atoms with Crippen LogP contribution in [0.5, 0.6) is 0 Å². The van der Waals surface area contributed by atoms with Crippen molar-refractivity contribution in [3.05, 3.63) is 75.7 Å². The molecule has 34 heavy (non-hydrogen) atoms. The topological polar surface area (TPSA) is 109 Å². The summed E-state index contributed by atoms with van der Waals surface area (Å²) in [6.07, 6.45) is 1.55. The van der Waals surface area contributed by atoms with Crippen LogP contribution in [0.25, 0.3) is 0 Å². The van der Waals surface area contributed by atoms with Crippen LogP contribution in [0.15, 0.2) is 68.4 Å². The molecule has 1 unspecified atom stereocenters. The lowest BCUT2D eigenvalue weighted by atomic mass is 10.0. The summed E-state index contributed by atoms with van der Waals surface area (Å²) in [4.78, 5) is 31.8. The number of nitrogens with one attached hydrogen (secondary N) is 2. The van der Waals surface area contributed by atoms with E-state index in [2.05, 4.69) is 15.3 Å². The zero-order valence-corrected chi connectivity index (χ0v) is 21.5. The molecule has 0 saturated heterocycles. The quantitative estimate of drug-likeness (QED) is 0.339. The third-order valence-corrected chi connectivity index (χ3v) is 8.56. The Hall–Kier alpha value is -2.91. The molecule has 1 aromatic heterocycles. The van der Waals surface area contributed by atoms with Crippen LogP contribution in [0, 0.1) is 13.8 Å². The van der Waals surface area contributed by atoms with Crippen LogP contribution in [0.3, 0.4) is 0 Å². The number of nitrogens with zero attached hydrogens (tertiary/aromatic N) is 1. The lowest BCUT2D eigenvalue weighted by Crippen LogP contribution is -2.26. The molecule has 1 atom stereocenters. The van der Waals surface area contributed by atoms with Gasteiger partial charge in [-0.3, -0.25) is 9.59 Å². The number of sulfone groups is 1. The van der Waals surface area contributed by atoms with Crippen LogP contribution in [-0.2, 0) is 14.6 Å². The minimum atomic E-state index is -4.02. The van der Waals surface area contributed by atoms with E-state index >= 15 is 0 Å². The first-order valence-corrected chi connectivity index (χ1v) is 13.4. The van der Waals surface area contributed by atoms with Crippen LogP contribution in [0.1, 0.15) is 49.8 Å². The molecular weight excluding hydrogens is 470 g/mol. The van der Waals surface area contributed by atoms with Crippen molar-refractivity contribution in [2.24, 2.45) is 0 Å². The Bertz CT molecular complexity index is 1330.